The Morgan fingerprint density at radius 3 is 1.60 bits per heavy atom. The van der Waals surface area contributed by atoms with E-state index in [-0.39, 0.29) is 0 Å². The van der Waals surface area contributed by atoms with Crippen LogP contribution in [-0.2, 0) is 0 Å². The van der Waals surface area contributed by atoms with Crippen molar-refractivity contribution < 1.29 is 0 Å². The Bertz CT molecular complexity index is 2540. The standard InChI is InChI=1S/C46H32N2/c1-2-11-31(12-3-1)32-13-9-17-37(28-32)45-25-26-47-46(48-45)38-18-10-16-35(29-38)33-14-8-15-34(27-33)36-23-24-43-41-21-5-4-19-39(41)40-20-6-7-22-42(40)44(43)30-36/h2,4-30H,1,3H2. The first-order valence-electron chi connectivity index (χ1n) is 16.6. The number of allylic oxidation sites excluding steroid dienone is 4. The Labute approximate surface area is 280 Å². The third-order valence-corrected chi connectivity index (χ3v) is 9.54. The molecule has 0 N–H and O–H groups in total. The van der Waals surface area contributed by atoms with Crippen LogP contribution in [0.2, 0.25) is 0 Å². The molecule has 0 radical (unpaired) electrons. The second kappa shape index (κ2) is 11.9. The largest absolute Gasteiger partial charge is 0.237 e. The van der Waals surface area contributed by atoms with Gasteiger partial charge in [-0.25, -0.2) is 9.97 Å². The van der Waals surface area contributed by atoms with Gasteiger partial charge >= 0.3 is 0 Å². The Kier molecular flexibility index (Phi) is 6.98. The molecule has 226 valence electrons. The highest BCUT2D eigenvalue weighted by molar-refractivity contribution is 6.25. The fourth-order valence-corrected chi connectivity index (χ4v) is 7.15. The van der Waals surface area contributed by atoms with Gasteiger partial charge < -0.3 is 0 Å². The van der Waals surface area contributed by atoms with Crippen LogP contribution in [0.1, 0.15) is 18.4 Å². The van der Waals surface area contributed by atoms with Crippen LogP contribution in [0.25, 0.3) is 82.8 Å². The average molecular weight is 613 g/mol. The van der Waals surface area contributed by atoms with Crippen LogP contribution in [0.15, 0.2) is 170 Å². The van der Waals surface area contributed by atoms with Crippen molar-refractivity contribution in [3.05, 3.63) is 176 Å². The van der Waals surface area contributed by atoms with Gasteiger partial charge in [-0.05, 0) is 109 Å². The lowest BCUT2D eigenvalue weighted by atomic mass is 9.91. The van der Waals surface area contributed by atoms with Gasteiger partial charge in [0.1, 0.15) is 0 Å². The Morgan fingerprint density at radius 2 is 0.938 bits per heavy atom. The summed E-state index contributed by atoms with van der Waals surface area (Å²) < 4.78 is 0. The zero-order chi connectivity index (χ0) is 31.9. The molecule has 1 heterocycles. The first-order valence-corrected chi connectivity index (χ1v) is 16.6. The molecule has 2 heteroatoms. The lowest BCUT2D eigenvalue weighted by molar-refractivity contribution is 1.04. The molecule has 0 unspecified atom stereocenters. The van der Waals surface area contributed by atoms with Gasteiger partial charge in [0.05, 0.1) is 5.69 Å². The number of nitrogens with zero attached hydrogens (tertiary/aromatic N) is 2. The molecule has 8 aromatic rings. The van der Waals surface area contributed by atoms with Crippen LogP contribution in [0, 0.1) is 0 Å². The van der Waals surface area contributed by atoms with E-state index in [9.17, 15) is 0 Å². The van der Waals surface area contributed by atoms with E-state index in [1.807, 2.05) is 12.3 Å². The van der Waals surface area contributed by atoms with Crippen LogP contribution in [0.4, 0.5) is 0 Å². The quantitative estimate of drug-likeness (QED) is 0.181. The molecule has 2 nitrogen and oxygen atoms in total. The summed E-state index contributed by atoms with van der Waals surface area (Å²) in [7, 11) is 0. The van der Waals surface area contributed by atoms with Gasteiger partial charge in [0.2, 0.25) is 0 Å². The minimum absolute atomic E-state index is 0.723. The first-order chi connectivity index (χ1) is 23.8. The average Bonchev–Trinajstić information content (AvgIpc) is 3.18. The summed E-state index contributed by atoms with van der Waals surface area (Å²) in [5.41, 5.74) is 10.2. The summed E-state index contributed by atoms with van der Waals surface area (Å²) in [6, 6.07) is 52.4. The Hall–Kier alpha value is -6.12. The van der Waals surface area contributed by atoms with Crippen molar-refractivity contribution in [1.29, 1.82) is 0 Å². The number of hydrogen-bond acceptors (Lipinski definition) is 2. The van der Waals surface area contributed by atoms with E-state index in [1.165, 1.54) is 54.6 Å². The van der Waals surface area contributed by atoms with E-state index in [2.05, 4.69) is 163 Å². The summed E-state index contributed by atoms with van der Waals surface area (Å²) in [6.45, 7) is 0. The summed E-state index contributed by atoms with van der Waals surface area (Å²) in [5.74, 6) is 0.723. The summed E-state index contributed by atoms with van der Waals surface area (Å²) in [4.78, 5) is 9.72. The third kappa shape index (κ3) is 5.09. The molecule has 0 atom stereocenters. The number of fused-ring (bicyclic) bond motifs is 6. The van der Waals surface area contributed by atoms with Crippen LogP contribution in [-0.4, -0.2) is 9.97 Å². The van der Waals surface area contributed by atoms with E-state index in [1.54, 1.807) is 0 Å². The molecule has 9 rings (SSSR count). The van der Waals surface area contributed by atoms with Gasteiger partial charge in [0.15, 0.2) is 5.82 Å². The number of aromatic nitrogens is 2. The molecule has 0 aliphatic heterocycles. The lowest BCUT2D eigenvalue weighted by Gasteiger charge is -2.13. The van der Waals surface area contributed by atoms with Gasteiger partial charge in [-0.1, -0.05) is 133 Å². The maximum atomic E-state index is 5.03. The maximum absolute atomic E-state index is 5.03. The van der Waals surface area contributed by atoms with Crippen molar-refractivity contribution in [3.8, 4) is 44.9 Å². The smallest absolute Gasteiger partial charge is 0.159 e. The topological polar surface area (TPSA) is 25.8 Å². The molecule has 0 fully saturated rings. The van der Waals surface area contributed by atoms with Crippen molar-refractivity contribution in [2.45, 2.75) is 12.8 Å². The number of benzene rings is 7. The van der Waals surface area contributed by atoms with Crippen LogP contribution < -0.4 is 0 Å². The van der Waals surface area contributed by atoms with E-state index < -0.39 is 0 Å². The Morgan fingerprint density at radius 1 is 0.396 bits per heavy atom. The van der Waals surface area contributed by atoms with Crippen molar-refractivity contribution >= 4 is 37.9 Å². The van der Waals surface area contributed by atoms with Crippen LogP contribution in [0.3, 0.4) is 0 Å². The Balaban J connectivity index is 1.07. The summed E-state index contributed by atoms with van der Waals surface area (Å²) >= 11 is 0. The highest BCUT2D eigenvalue weighted by Crippen LogP contribution is 2.38. The number of hydrogen-bond donors (Lipinski definition) is 0. The van der Waals surface area contributed by atoms with Gasteiger partial charge in [-0.2, -0.15) is 0 Å². The van der Waals surface area contributed by atoms with E-state index in [0.717, 1.165) is 46.6 Å². The third-order valence-electron chi connectivity index (χ3n) is 9.54. The molecule has 1 aliphatic rings. The lowest BCUT2D eigenvalue weighted by Crippen LogP contribution is -1.93. The first kappa shape index (κ1) is 28.1. The molecule has 0 spiro atoms. The minimum atomic E-state index is 0.723. The fraction of sp³-hybridized carbons (Fsp3) is 0.0435. The van der Waals surface area contributed by atoms with Crippen molar-refractivity contribution in [2.75, 3.05) is 0 Å². The zero-order valence-electron chi connectivity index (χ0n) is 26.5. The van der Waals surface area contributed by atoms with Crippen molar-refractivity contribution in [3.63, 3.8) is 0 Å². The SMILES string of the molecule is C1=CC(c2cccc(-c3ccnc(-c4cccc(-c5cccc(-c6ccc7c8ccccc8c8ccccc8c7c6)c5)c4)n3)c2)=CCC1. The van der Waals surface area contributed by atoms with E-state index in [0.29, 0.717) is 0 Å². The highest BCUT2D eigenvalue weighted by Gasteiger charge is 2.12. The monoisotopic (exact) mass is 612 g/mol. The van der Waals surface area contributed by atoms with Gasteiger partial charge in [0.25, 0.3) is 0 Å². The molecule has 7 aromatic carbocycles. The molecular weight excluding hydrogens is 581 g/mol. The van der Waals surface area contributed by atoms with Crippen molar-refractivity contribution in [1.82, 2.24) is 9.97 Å². The normalized spacial score (nSPS) is 12.9. The molecule has 0 amide bonds. The van der Waals surface area contributed by atoms with Crippen LogP contribution in [0.5, 0.6) is 0 Å². The molecule has 1 aliphatic carbocycles. The second-order valence-electron chi connectivity index (χ2n) is 12.5. The van der Waals surface area contributed by atoms with Crippen molar-refractivity contribution in [2.24, 2.45) is 0 Å². The predicted octanol–water partition coefficient (Wildman–Crippen LogP) is 12.3. The molecule has 48 heavy (non-hydrogen) atoms. The van der Waals surface area contributed by atoms with Crippen LogP contribution >= 0.6 is 0 Å². The second-order valence-corrected chi connectivity index (χ2v) is 12.5. The predicted molar refractivity (Wildman–Crippen MR) is 203 cm³/mol. The van der Waals surface area contributed by atoms with Gasteiger partial charge in [0, 0.05) is 17.3 Å². The summed E-state index contributed by atoms with van der Waals surface area (Å²) in [5, 5.41) is 7.74. The number of rotatable bonds is 5. The fourth-order valence-electron chi connectivity index (χ4n) is 7.15. The summed E-state index contributed by atoms with van der Waals surface area (Å²) in [6.07, 6.45) is 10.8. The highest BCUT2D eigenvalue weighted by atomic mass is 14.9. The zero-order valence-corrected chi connectivity index (χ0v) is 26.5. The van der Waals surface area contributed by atoms with Gasteiger partial charge in [-0.15, -0.1) is 0 Å². The molecule has 1 aromatic heterocycles. The van der Waals surface area contributed by atoms with E-state index >= 15 is 0 Å². The maximum Gasteiger partial charge on any atom is 0.159 e. The molecule has 0 saturated heterocycles. The molecule has 0 saturated carbocycles. The molecule has 0 bridgehead atoms. The van der Waals surface area contributed by atoms with E-state index in [4.69, 9.17) is 4.98 Å². The molecular formula is C46H32N2. The van der Waals surface area contributed by atoms with Gasteiger partial charge in [-0.3, -0.25) is 0 Å². The minimum Gasteiger partial charge on any atom is -0.237 e.